The van der Waals surface area contributed by atoms with Gasteiger partial charge in [-0.1, -0.05) is 12.7 Å². The van der Waals surface area contributed by atoms with Crippen LogP contribution in [0.25, 0.3) is 5.52 Å². The van der Waals surface area contributed by atoms with Crippen LogP contribution in [0.15, 0.2) is 87.5 Å². The minimum atomic E-state index is -0.242. The van der Waals surface area contributed by atoms with E-state index in [1.54, 1.807) is 17.6 Å². The van der Waals surface area contributed by atoms with Crippen LogP contribution in [0.5, 0.6) is 0 Å². The highest BCUT2D eigenvalue weighted by Gasteiger charge is 2.12. The molecule has 10 heteroatoms. The zero-order valence-corrected chi connectivity index (χ0v) is 19.8. The van der Waals surface area contributed by atoms with Crippen molar-refractivity contribution in [2.75, 3.05) is 17.7 Å². The van der Waals surface area contributed by atoms with Crippen LogP contribution in [0, 0.1) is 6.92 Å². The van der Waals surface area contributed by atoms with Crippen molar-refractivity contribution in [3.63, 3.8) is 0 Å². The molecule has 0 aliphatic carbocycles. The van der Waals surface area contributed by atoms with Gasteiger partial charge in [0, 0.05) is 41.8 Å². The molecule has 1 amide bonds. The standard InChI is InChI=1S/C24H24N8OS/c1-5-15(2)19(14-25-4)23(33)26-17-8-10-18(11-9-17)34-24-28-22(20-7-6-12-32(20)31-24)27-21-13-16(3)29-30-21/h5-14H,1H2,2-4H3,(H,26,33)(H2,27,28,29,30,31). The van der Waals surface area contributed by atoms with E-state index in [-0.39, 0.29) is 5.91 Å². The number of hydrogen-bond donors (Lipinski definition) is 3. The normalized spacial score (nSPS) is 12.1. The van der Waals surface area contributed by atoms with Crippen molar-refractivity contribution < 1.29 is 4.79 Å². The number of fused-ring (bicyclic) bond motifs is 1. The van der Waals surface area contributed by atoms with Crippen LogP contribution < -0.4 is 10.6 Å². The largest absolute Gasteiger partial charge is 0.322 e. The SMILES string of the molecule is C=CC(C)=C(C=NC)C(=O)Nc1ccc(Sc2nc(Nc3cc(C)[nH]n3)c3cccn3n2)cc1. The minimum absolute atomic E-state index is 0.242. The summed E-state index contributed by atoms with van der Waals surface area (Å²) in [5.74, 6) is 1.10. The Morgan fingerprint density at radius 1 is 1.26 bits per heavy atom. The van der Waals surface area contributed by atoms with Crippen molar-refractivity contribution in [2.24, 2.45) is 4.99 Å². The van der Waals surface area contributed by atoms with E-state index >= 15 is 0 Å². The monoisotopic (exact) mass is 472 g/mol. The zero-order chi connectivity index (χ0) is 24.1. The van der Waals surface area contributed by atoms with E-state index in [4.69, 9.17) is 0 Å². The van der Waals surface area contributed by atoms with Crippen molar-refractivity contribution in [3.8, 4) is 0 Å². The van der Waals surface area contributed by atoms with Crippen molar-refractivity contribution in [1.82, 2.24) is 24.8 Å². The van der Waals surface area contributed by atoms with E-state index in [1.165, 1.54) is 18.0 Å². The molecule has 34 heavy (non-hydrogen) atoms. The van der Waals surface area contributed by atoms with Crippen LogP contribution >= 0.6 is 11.8 Å². The summed E-state index contributed by atoms with van der Waals surface area (Å²) < 4.78 is 1.77. The van der Waals surface area contributed by atoms with Crippen LogP contribution in [0.4, 0.5) is 17.3 Å². The summed E-state index contributed by atoms with van der Waals surface area (Å²) in [5.41, 5.74) is 3.69. The highest BCUT2D eigenvalue weighted by atomic mass is 32.2. The molecule has 0 unspecified atom stereocenters. The summed E-state index contributed by atoms with van der Waals surface area (Å²) in [6.07, 6.45) is 5.03. The first-order chi connectivity index (χ1) is 16.5. The summed E-state index contributed by atoms with van der Waals surface area (Å²) >= 11 is 1.42. The second-order valence-electron chi connectivity index (χ2n) is 7.41. The van der Waals surface area contributed by atoms with E-state index in [0.29, 0.717) is 28.1 Å². The first-order valence-corrected chi connectivity index (χ1v) is 11.3. The van der Waals surface area contributed by atoms with Gasteiger partial charge in [0.15, 0.2) is 11.6 Å². The number of allylic oxidation sites excluding steroid dienone is 2. The van der Waals surface area contributed by atoms with Gasteiger partial charge in [-0.15, -0.1) is 5.10 Å². The fourth-order valence-corrected chi connectivity index (χ4v) is 3.89. The third-order valence-electron chi connectivity index (χ3n) is 4.88. The van der Waals surface area contributed by atoms with Gasteiger partial charge in [0.05, 0.1) is 5.57 Å². The Balaban J connectivity index is 1.51. The predicted molar refractivity (Wildman–Crippen MR) is 136 cm³/mol. The highest BCUT2D eigenvalue weighted by Crippen LogP contribution is 2.29. The smallest absolute Gasteiger partial charge is 0.257 e. The number of benzene rings is 1. The maximum absolute atomic E-state index is 12.6. The van der Waals surface area contributed by atoms with Crippen molar-refractivity contribution in [1.29, 1.82) is 0 Å². The number of nitrogens with zero attached hydrogens (tertiary/aromatic N) is 5. The molecular formula is C24H24N8OS. The Morgan fingerprint density at radius 2 is 2.06 bits per heavy atom. The lowest BCUT2D eigenvalue weighted by Gasteiger charge is -2.09. The molecule has 9 nitrogen and oxygen atoms in total. The van der Waals surface area contributed by atoms with Gasteiger partial charge in [0.2, 0.25) is 5.16 Å². The molecule has 3 heterocycles. The number of aliphatic imine (C=N–C) groups is 1. The van der Waals surface area contributed by atoms with Gasteiger partial charge in [-0.05, 0) is 67.6 Å². The maximum atomic E-state index is 12.6. The van der Waals surface area contributed by atoms with Gasteiger partial charge in [0.1, 0.15) is 5.52 Å². The number of hydrogen-bond acceptors (Lipinski definition) is 7. The molecule has 1 aromatic carbocycles. The zero-order valence-electron chi connectivity index (χ0n) is 19.0. The molecule has 4 aromatic rings. The number of aromatic nitrogens is 5. The van der Waals surface area contributed by atoms with Crippen molar-refractivity contribution in [2.45, 2.75) is 23.9 Å². The third-order valence-corrected chi connectivity index (χ3v) is 5.74. The van der Waals surface area contributed by atoms with Gasteiger partial charge >= 0.3 is 0 Å². The third kappa shape index (κ3) is 5.24. The summed E-state index contributed by atoms with van der Waals surface area (Å²) in [6.45, 7) is 7.48. The molecule has 0 saturated carbocycles. The second kappa shape index (κ2) is 10.2. The molecule has 4 rings (SSSR count). The van der Waals surface area contributed by atoms with E-state index in [0.717, 1.165) is 21.7 Å². The van der Waals surface area contributed by atoms with E-state index < -0.39 is 0 Å². The van der Waals surface area contributed by atoms with Crippen LogP contribution in [-0.2, 0) is 4.79 Å². The fourth-order valence-electron chi connectivity index (χ4n) is 3.14. The number of nitrogens with one attached hydrogen (secondary N) is 3. The number of carbonyl (C=O) groups is 1. The predicted octanol–water partition coefficient (Wildman–Crippen LogP) is 4.80. The lowest BCUT2D eigenvalue weighted by atomic mass is 10.1. The Labute approximate surface area is 201 Å². The van der Waals surface area contributed by atoms with Crippen molar-refractivity contribution >= 4 is 46.7 Å². The molecule has 3 N–H and O–H groups in total. The number of amides is 1. The molecule has 0 bridgehead atoms. The molecule has 0 radical (unpaired) electrons. The molecule has 0 aliphatic heterocycles. The molecule has 172 valence electrons. The molecular weight excluding hydrogens is 448 g/mol. The Kier molecular flexibility index (Phi) is 6.88. The number of H-pyrrole nitrogens is 1. The molecule has 0 saturated heterocycles. The Bertz CT molecular complexity index is 1400. The summed E-state index contributed by atoms with van der Waals surface area (Å²) in [5, 5.41) is 18.4. The van der Waals surface area contributed by atoms with Crippen LogP contribution in [0.2, 0.25) is 0 Å². The first-order valence-electron chi connectivity index (χ1n) is 10.5. The van der Waals surface area contributed by atoms with Gasteiger partial charge in [-0.25, -0.2) is 9.50 Å². The van der Waals surface area contributed by atoms with E-state index in [1.807, 2.05) is 62.5 Å². The van der Waals surface area contributed by atoms with E-state index in [9.17, 15) is 4.79 Å². The van der Waals surface area contributed by atoms with Gasteiger partial charge in [-0.2, -0.15) is 5.10 Å². The van der Waals surface area contributed by atoms with E-state index in [2.05, 4.69) is 42.5 Å². The summed E-state index contributed by atoms with van der Waals surface area (Å²) in [6, 6.07) is 13.3. The van der Waals surface area contributed by atoms with Gasteiger partial charge in [-0.3, -0.25) is 14.9 Å². The lowest BCUT2D eigenvalue weighted by molar-refractivity contribution is -0.112. The van der Waals surface area contributed by atoms with Crippen LogP contribution in [-0.4, -0.2) is 44.0 Å². The number of aromatic amines is 1. The molecule has 3 aromatic heterocycles. The second-order valence-corrected chi connectivity index (χ2v) is 8.45. The fraction of sp³-hybridized carbons (Fsp3) is 0.125. The number of carbonyl (C=O) groups excluding carboxylic acids is 1. The Hall–Kier alpha value is -4.18. The minimum Gasteiger partial charge on any atom is -0.322 e. The van der Waals surface area contributed by atoms with Crippen LogP contribution in [0.3, 0.4) is 0 Å². The molecule has 0 aliphatic rings. The van der Waals surface area contributed by atoms with Crippen LogP contribution in [0.1, 0.15) is 12.6 Å². The molecule has 0 atom stereocenters. The lowest BCUT2D eigenvalue weighted by Crippen LogP contribution is -2.16. The molecule has 0 fully saturated rings. The number of anilines is 3. The highest BCUT2D eigenvalue weighted by molar-refractivity contribution is 7.99. The van der Waals surface area contributed by atoms with Gasteiger partial charge in [0.25, 0.3) is 5.91 Å². The Morgan fingerprint density at radius 3 is 2.74 bits per heavy atom. The average molecular weight is 473 g/mol. The quantitative estimate of drug-likeness (QED) is 0.193. The summed E-state index contributed by atoms with van der Waals surface area (Å²) in [7, 11) is 1.62. The maximum Gasteiger partial charge on any atom is 0.257 e. The van der Waals surface area contributed by atoms with Crippen molar-refractivity contribution in [3.05, 3.63) is 78.2 Å². The number of aryl methyl sites for hydroxylation is 1. The topological polar surface area (TPSA) is 112 Å². The summed E-state index contributed by atoms with van der Waals surface area (Å²) in [4.78, 5) is 22.2. The molecule has 0 spiro atoms. The average Bonchev–Trinajstić information content (AvgIpc) is 3.47. The van der Waals surface area contributed by atoms with Gasteiger partial charge < -0.3 is 10.6 Å². The first kappa shape index (κ1) is 23.0. The number of rotatable bonds is 8.